The molecule has 1 spiro atoms. The van der Waals surface area contributed by atoms with E-state index in [0.29, 0.717) is 25.7 Å². The Bertz CT molecular complexity index is 1190. The van der Waals surface area contributed by atoms with E-state index in [9.17, 15) is 9.59 Å². The van der Waals surface area contributed by atoms with Crippen molar-refractivity contribution in [3.8, 4) is 0 Å². The third-order valence-electron chi connectivity index (χ3n) is 9.46. The quantitative estimate of drug-likeness (QED) is 0.302. The van der Waals surface area contributed by atoms with Crippen molar-refractivity contribution in [2.75, 3.05) is 0 Å². The van der Waals surface area contributed by atoms with Gasteiger partial charge in [0.2, 0.25) is 0 Å². The molecule has 2 aromatic carbocycles. The van der Waals surface area contributed by atoms with E-state index >= 15 is 0 Å². The Kier molecular flexibility index (Phi) is 6.22. The van der Waals surface area contributed by atoms with Gasteiger partial charge in [0.05, 0.1) is 11.0 Å². The van der Waals surface area contributed by atoms with Gasteiger partial charge in [0.25, 0.3) is 0 Å². The van der Waals surface area contributed by atoms with Gasteiger partial charge in [-0.3, -0.25) is 4.79 Å². The molecule has 0 radical (unpaired) electrons. The van der Waals surface area contributed by atoms with E-state index in [-0.39, 0.29) is 18.1 Å². The van der Waals surface area contributed by atoms with Crippen LogP contribution in [-0.4, -0.2) is 23.7 Å². The highest BCUT2D eigenvalue weighted by Crippen LogP contribution is 2.63. The minimum absolute atomic E-state index is 0.00869. The summed E-state index contributed by atoms with van der Waals surface area (Å²) < 4.78 is 0. The number of carbonyl (C=O) groups excluding carboxylic acids is 2. The van der Waals surface area contributed by atoms with E-state index in [1.807, 2.05) is 42.5 Å². The molecular weight excluding hydrogens is 452 g/mol. The van der Waals surface area contributed by atoms with Gasteiger partial charge >= 0.3 is 0 Å². The molecule has 3 aliphatic rings. The highest BCUT2D eigenvalue weighted by atomic mass is 16.1. The predicted octanol–water partition coefficient (Wildman–Crippen LogP) is 6.55. The van der Waals surface area contributed by atoms with E-state index in [1.54, 1.807) is 0 Å². The van der Waals surface area contributed by atoms with E-state index in [4.69, 9.17) is 16.6 Å². The zero-order chi connectivity index (χ0) is 25.4. The van der Waals surface area contributed by atoms with Crippen molar-refractivity contribution >= 4 is 12.1 Å². The summed E-state index contributed by atoms with van der Waals surface area (Å²) in [5.74, 6) is -0.617. The van der Waals surface area contributed by atoms with Crippen molar-refractivity contribution in [1.82, 2.24) is 0 Å². The second-order valence-corrected chi connectivity index (χ2v) is 10.7. The summed E-state index contributed by atoms with van der Waals surface area (Å²) in [5, 5.41) is 11.9. The molecule has 8 heteroatoms. The summed E-state index contributed by atoms with van der Waals surface area (Å²) in [4.78, 5) is 26.4. The number of ketones is 1. The number of fused-ring (bicyclic) bond motifs is 1. The largest absolute Gasteiger partial charge is 0.303 e. The van der Waals surface area contributed by atoms with E-state index in [1.165, 1.54) is 11.1 Å². The molecule has 0 aliphatic heterocycles. The summed E-state index contributed by atoms with van der Waals surface area (Å²) in [5.41, 5.74) is 24.4. The van der Waals surface area contributed by atoms with Gasteiger partial charge in [-0.1, -0.05) is 54.6 Å². The smallest absolute Gasteiger partial charge is 0.168 e. The molecule has 36 heavy (non-hydrogen) atoms. The first kappa shape index (κ1) is 24.3. The van der Waals surface area contributed by atoms with Crippen LogP contribution in [0.5, 0.6) is 0 Å². The fourth-order valence-electron chi connectivity index (χ4n) is 7.57. The van der Waals surface area contributed by atoms with E-state index in [0.717, 1.165) is 31.1 Å². The Balaban J connectivity index is 1.53. The second-order valence-electron chi connectivity index (χ2n) is 10.7. The molecule has 4 atom stereocenters. The SMILES string of the molecule is N=NC1CC(N=N)(c2ccccc2)C2(CCC(N=N)(C(C=O)C3CCCc4ccccc43)CC2)C1=O. The number of nitrogens with zero attached hydrogens (tertiary/aromatic N) is 3. The molecule has 0 saturated heterocycles. The van der Waals surface area contributed by atoms with Crippen LogP contribution in [0, 0.1) is 27.9 Å². The van der Waals surface area contributed by atoms with Crippen LogP contribution in [0.25, 0.3) is 0 Å². The van der Waals surface area contributed by atoms with Crippen LogP contribution in [0.2, 0.25) is 0 Å². The maximum atomic E-state index is 13.8. The maximum Gasteiger partial charge on any atom is 0.168 e. The van der Waals surface area contributed by atoms with Crippen molar-refractivity contribution in [2.45, 2.75) is 74.4 Å². The molecule has 4 unspecified atom stereocenters. The minimum atomic E-state index is -1.11. The number of aryl methyl sites for hydroxylation is 1. The Labute approximate surface area is 210 Å². The lowest BCUT2D eigenvalue weighted by atomic mass is 9.54. The van der Waals surface area contributed by atoms with Gasteiger partial charge in [-0.2, -0.15) is 15.3 Å². The maximum absolute atomic E-state index is 13.8. The molecule has 5 rings (SSSR count). The monoisotopic (exact) mass is 484 g/mol. The number of hydrogen-bond donors (Lipinski definition) is 3. The summed E-state index contributed by atoms with van der Waals surface area (Å²) >= 11 is 0. The summed E-state index contributed by atoms with van der Waals surface area (Å²) in [6, 6.07) is 16.8. The number of rotatable bonds is 7. The van der Waals surface area contributed by atoms with E-state index < -0.39 is 28.5 Å². The number of nitrogens with one attached hydrogen (secondary N) is 3. The van der Waals surface area contributed by atoms with Crippen LogP contribution in [0.1, 0.15) is 67.6 Å². The molecule has 186 valence electrons. The van der Waals surface area contributed by atoms with Crippen LogP contribution >= 0.6 is 0 Å². The number of aldehydes is 1. The van der Waals surface area contributed by atoms with Gasteiger partial charge in [-0.05, 0) is 67.6 Å². The lowest BCUT2D eigenvalue weighted by Gasteiger charge is -2.50. The van der Waals surface area contributed by atoms with Crippen molar-refractivity contribution < 1.29 is 9.59 Å². The summed E-state index contributed by atoms with van der Waals surface area (Å²) in [6.45, 7) is 0. The Hall–Kier alpha value is -3.42. The van der Waals surface area contributed by atoms with Crippen molar-refractivity contribution in [3.05, 3.63) is 71.3 Å². The average Bonchev–Trinajstić information content (AvgIpc) is 3.18. The molecule has 0 amide bonds. The number of benzene rings is 2. The average molecular weight is 485 g/mol. The van der Waals surface area contributed by atoms with Gasteiger partial charge in [0, 0.05) is 12.3 Å². The highest BCUT2D eigenvalue weighted by molar-refractivity contribution is 5.94. The van der Waals surface area contributed by atoms with Crippen LogP contribution in [0.4, 0.5) is 0 Å². The first-order valence-corrected chi connectivity index (χ1v) is 12.8. The Morgan fingerprint density at radius 2 is 1.61 bits per heavy atom. The third-order valence-corrected chi connectivity index (χ3v) is 9.46. The molecule has 2 saturated carbocycles. The van der Waals surface area contributed by atoms with Crippen LogP contribution in [0.3, 0.4) is 0 Å². The van der Waals surface area contributed by atoms with Gasteiger partial charge < -0.3 is 4.79 Å². The Morgan fingerprint density at radius 1 is 0.917 bits per heavy atom. The fraction of sp³-hybridized carbons (Fsp3) is 0.500. The van der Waals surface area contributed by atoms with Gasteiger partial charge in [-0.15, -0.1) is 0 Å². The standard InChI is InChI=1S/C28H32N6O2/c29-32-24-17-28(34-31,20-9-2-1-3-10-20)26(25(24)36)13-15-27(33-30,16-14-26)23(18-35)22-12-6-8-19-7-4-5-11-21(19)22/h1-5,7,9-11,18,22-24,29-31H,6,8,12-17H2. The molecule has 2 aromatic rings. The fourth-order valence-corrected chi connectivity index (χ4v) is 7.57. The molecular formula is C28H32N6O2. The normalized spacial score (nSPS) is 34.5. The zero-order valence-corrected chi connectivity index (χ0v) is 20.3. The lowest BCUT2D eigenvalue weighted by molar-refractivity contribution is -0.133. The van der Waals surface area contributed by atoms with E-state index in [2.05, 4.69) is 27.5 Å². The molecule has 0 bridgehead atoms. The van der Waals surface area contributed by atoms with Crippen molar-refractivity contribution in [1.29, 1.82) is 16.6 Å². The lowest BCUT2D eigenvalue weighted by Crippen LogP contribution is -2.53. The van der Waals surface area contributed by atoms with Crippen LogP contribution in [-0.2, 0) is 21.5 Å². The number of carbonyl (C=O) groups is 2. The first-order valence-electron chi connectivity index (χ1n) is 12.8. The second kappa shape index (κ2) is 9.22. The topological polar surface area (TPSA) is 143 Å². The van der Waals surface area contributed by atoms with Crippen LogP contribution < -0.4 is 0 Å². The molecule has 0 heterocycles. The predicted molar refractivity (Wildman–Crippen MR) is 132 cm³/mol. The highest BCUT2D eigenvalue weighted by Gasteiger charge is 2.68. The molecule has 0 aromatic heterocycles. The molecule has 2 fully saturated rings. The first-order chi connectivity index (χ1) is 17.5. The minimum Gasteiger partial charge on any atom is -0.303 e. The summed E-state index contributed by atoms with van der Waals surface area (Å²) in [6.07, 6.45) is 5.53. The van der Waals surface area contributed by atoms with Gasteiger partial charge in [0.1, 0.15) is 17.9 Å². The Morgan fingerprint density at radius 3 is 2.25 bits per heavy atom. The van der Waals surface area contributed by atoms with Crippen molar-refractivity contribution in [2.24, 2.45) is 26.7 Å². The molecule has 3 N–H and O–H groups in total. The van der Waals surface area contributed by atoms with Crippen molar-refractivity contribution in [3.63, 3.8) is 0 Å². The molecule has 3 aliphatic carbocycles. The number of hydrogen-bond acceptors (Lipinski definition) is 8. The van der Waals surface area contributed by atoms with Crippen LogP contribution in [0.15, 0.2) is 69.9 Å². The van der Waals surface area contributed by atoms with Gasteiger partial charge in [0.15, 0.2) is 5.78 Å². The zero-order valence-electron chi connectivity index (χ0n) is 20.3. The third kappa shape index (κ3) is 3.33. The number of Topliss-reactive ketones (excluding diaryl/α,β-unsaturated/α-hetero) is 1. The molecule has 8 nitrogen and oxygen atoms in total. The van der Waals surface area contributed by atoms with Gasteiger partial charge in [-0.25, -0.2) is 16.6 Å². The summed E-state index contributed by atoms with van der Waals surface area (Å²) in [7, 11) is 0.